The van der Waals surface area contributed by atoms with E-state index in [1.165, 1.54) is 81.5 Å². The number of fused-ring (bicyclic) bond motifs is 1. The molecule has 2 aromatic heterocycles. The molecule has 0 atom stereocenters. The Morgan fingerprint density at radius 3 is 1.24 bits per heavy atom. The lowest BCUT2D eigenvalue weighted by Crippen LogP contribution is -2.11. The van der Waals surface area contributed by atoms with E-state index in [1.807, 2.05) is 0 Å². The molecule has 13 aromatic carbocycles. The van der Waals surface area contributed by atoms with Gasteiger partial charge in [0.15, 0.2) is 0 Å². The summed E-state index contributed by atoms with van der Waals surface area (Å²) in [5.74, 6) is 0. The molecule has 0 N–H and O–H groups in total. The maximum absolute atomic E-state index is 2.44. The van der Waals surface area contributed by atoms with Crippen LogP contribution in [0.4, 0.5) is 34.1 Å². The van der Waals surface area contributed by atoms with Crippen molar-refractivity contribution in [1.29, 1.82) is 0 Å². The third kappa shape index (κ3) is 6.12. The van der Waals surface area contributed by atoms with Crippen molar-refractivity contribution in [2.75, 3.05) is 9.80 Å². The van der Waals surface area contributed by atoms with Gasteiger partial charge in [-0.1, -0.05) is 164 Å². The topological polar surface area (TPSA) is 16.3 Å². The molecule has 0 amide bonds. The van der Waals surface area contributed by atoms with Crippen LogP contribution in [-0.2, 0) is 0 Å². The van der Waals surface area contributed by atoms with Gasteiger partial charge in [-0.15, -0.1) is 0 Å². The number of aromatic nitrogens is 2. The van der Waals surface area contributed by atoms with Crippen LogP contribution in [0.15, 0.2) is 267 Å². The minimum atomic E-state index is 1.09. The second-order valence-electron chi connectivity index (χ2n) is 18.9. The average molecular weight is 917 g/mol. The molecule has 0 fully saturated rings. The first-order valence-electron chi connectivity index (χ1n) is 24.8. The van der Waals surface area contributed by atoms with E-state index in [4.69, 9.17) is 0 Å². The molecule has 15 rings (SSSR count). The van der Waals surface area contributed by atoms with E-state index in [0.29, 0.717) is 0 Å². The van der Waals surface area contributed by atoms with Crippen LogP contribution < -0.4 is 9.80 Å². The van der Waals surface area contributed by atoms with Gasteiger partial charge in [-0.2, -0.15) is 0 Å². The Bertz CT molecular complexity index is 4480. The second-order valence-corrected chi connectivity index (χ2v) is 18.9. The first kappa shape index (κ1) is 40.3. The molecular formula is C68H44N4. The fourth-order valence-corrected chi connectivity index (χ4v) is 11.9. The minimum Gasteiger partial charge on any atom is -0.310 e. The van der Waals surface area contributed by atoms with Crippen molar-refractivity contribution in [3.8, 4) is 22.5 Å². The van der Waals surface area contributed by atoms with Crippen molar-refractivity contribution in [3.63, 3.8) is 0 Å². The van der Waals surface area contributed by atoms with Crippen molar-refractivity contribution in [1.82, 2.24) is 9.13 Å². The van der Waals surface area contributed by atoms with E-state index in [-0.39, 0.29) is 0 Å². The van der Waals surface area contributed by atoms with Crippen LogP contribution in [0.3, 0.4) is 0 Å². The molecule has 0 unspecified atom stereocenters. The quantitative estimate of drug-likeness (QED) is 0.134. The Balaban J connectivity index is 0.875. The Kier molecular flexibility index (Phi) is 8.92. The maximum atomic E-state index is 2.44. The van der Waals surface area contributed by atoms with E-state index in [0.717, 1.165) is 51.1 Å². The van der Waals surface area contributed by atoms with Gasteiger partial charge in [0.05, 0.1) is 27.8 Å². The molecule has 0 saturated heterocycles. The zero-order valence-electron chi connectivity index (χ0n) is 39.2. The molecule has 0 aliphatic heterocycles. The molecule has 4 heteroatoms. The van der Waals surface area contributed by atoms with Crippen molar-refractivity contribution in [2.24, 2.45) is 0 Å². The molecule has 0 saturated carbocycles. The van der Waals surface area contributed by atoms with Crippen LogP contribution in [0.25, 0.3) is 98.4 Å². The fraction of sp³-hybridized carbons (Fsp3) is 0. The molecule has 0 aliphatic rings. The molecule has 336 valence electrons. The minimum absolute atomic E-state index is 1.09. The molecular weight excluding hydrogens is 873 g/mol. The molecule has 0 bridgehead atoms. The SMILES string of the molecule is c1ccc(N(c2ccc(-c3cccc4c(N(c5ccccc5)c5cc6ccc7cccc8c7c6c(c5)n8-c5ccccc5)cccc34)cc2)c2cc3ccc4cccc5c4c3c(c2)n5-c2ccccc2)cc1. The lowest BCUT2D eigenvalue weighted by molar-refractivity contribution is 1.18. The molecule has 0 spiro atoms. The first-order chi connectivity index (χ1) is 35.7. The predicted octanol–water partition coefficient (Wildman–Crippen LogP) is 18.8. The summed E-state index contributed by atoms with van der Waals surface area (Å²) in [5.41, 5.74) is 16.1. The lowest BCUT2D eigenvalue weighted by atomic mass is 9.96. The van der Waals surface area contributed by atoms with Crippen LogP contribution in [0, 0.1) is 0 Å². The van der Waals surface area contributed by atoms with Crippen molar-refractivity contribution >= 4 is 110 Å². The van der Waals surface area contributed by atoms with Gasteiger partial charge in [0.25, 0.3) is 0 Å². The van der Waals surface area contributed by atoms with Gasteiger partial charge in [-0.05, 0) is 141 Å². The number of para-hydroxylation sites is 4. The summed E-state index contributed by atoms with van der Waals surface area (Å²) in [6.45, 7) is 0. The summed E-state index contributed by atoms with van der Waals surface area (Å²) >= 11 is 0. The van der Waals surface area contributed by atoms with Crippen molar-refractivity contribution in [3.05, 3.63) is 267 Å². The van der Waals surface area contributed by atoms with Gasteiger partial charge in [0, 0.05) is 66.7 Å². The number of benzene rings is 13. The third-order valence-electron chi connectivity index (χ3n) is 14.9. The van der Waals surface area contributed by atoms with E-state index < -0.39 is 0 Å². The van der Waals surface area contributed by atoms with Crippen LogP contribution in [0.1, 0.15) is 0 Å². The van der Waals surface area contributed by atoms with Crippen LogP contribution in [0.5, 0.6) is 0 Å². The van der Waals surface area contributed by atoms with Crippen LogP contribution in [-0.4, -0.2) is 9.13 Å². The first-order valence-corrected chi connectivity index (χ1v) is 24.8. The number of hydrogen-bond donors (Lipinski definition) is 0. The Morgan fingerprint density at radius 1 is 0.250 bits per heavy atom. The fourth-order valence-electron chi connectivity index (χ4n) is 11.9. The number of anilines is 6. The maximum Gasteiger partial charge on any atom is 0.0568 e. The normalized spacial score (nSPS) is 11.9. The zero-order chi connectivity index (χ0) is 47.3. The Labute approximate surface area is 416 Å². The van der Waals surface area contributed by atoms with Crippen LogP contribution in [0.2, 0.25) is 0 Å². The van der Waals surface area contributed by atoms with Gasteiger partial charge in [-0.3, -0.25) is 0 Å². The van der Waals surface area contributed by atoms with Gasteiger partial charge in [0.2, 0.25) is 0 Å². The van der Waals surface area contributed by atoms with E-state index in [9.17, 15) is 0 Å². The lowest BCUT2D eigenvalue weighted by Gasteiger charge is -2.28. The molecule has 15 aromatic rings. The number of rotatable bonds is 9. The zero-order valence-corrected chi connectivity index (χ0v) is 39.2. The summed E-state index contributed by atoms with van der Waals surface area (Å²) in [4.78, 5) is 4.84. The van der Waals surface area contributed by atoms with Crippen LogP contribution >= 0.6 is 0 Å². The summed E-state index contributed by atoms with van der Waals surface area (Å²) < 4.78 is 4.87. The number of hydrogen-bond acceptors (Lipinski definition) is 2. The van der Waals surface area contributed by atoms with Gasteiger partial charge in [0.1, 0.15) is 0 Å². The summed E-state index contributed by atoms with van der Waals surface area (Å²) in [7, 11) is 0. The summed E-state index contributed by atoms with van der Waals surface area (Å²) in [6.07, 6.45) is 0. The average Bonchev–Trinajstić information content (AvgIpc) is 3.97. The highest BCUT2D eigenvalue weighted by Gasteiger charge is 2.24. The standard InChI is InChI=1S/C68H44N4/c1-5-19-50(20-6-1)69(55-41-48-35-33-46-17-13-31-61-65(46)67(48)63(43-55)71(61)52-23-9-3-10-24-52)54-39-37-45(38-40-54)57-27-15-29-59-58(57)28-16-30-60(59)70(51-21-7-2-8-22-51)56-42-49-36-34-47-18-14-32-62-66(47)68(49)64(44-56)72(62)53-25-11-4-12-26-53/h1-44H. The van der Waals surface area contributed by atoms with Gasteiger partial charge < -0.3 is 18.9 Å². The van der Waals surface area contributed by atoms with Crippen molar-refractivity contribution in [2.45, 2.75) is 0 Å². The van der Waals surface area contributed by atoms with Gasteiger partial charge in [-0.25, -0.2) is 0 Å². The smallest absolute Gasteiger partial charge is 0.0568 e. The molecule has 72 heavy (non-hydrogen) atoms. The Morgan fingerprint density at radius 2 is 0.681 bits per heavy atom. The highest BCUT2D eigenvalue weighted by molar-refractivity contribution is 6.26. The van der Waals surface area contributed by atoms with E-state index >= 15 is 0 Å². The largest absolute Gasteiger partial charge is 0.310 e. The molecule has 4 nitrogen and oxygen atoms in total. The summed E-state index contributed by atoms with van der Waals surface area (Å²) in [6, 6.07) is 97.7. The highest BCUT2D eigenvalue weighted by Crippen LogP contribution is 2.48. The van der Waals surface area contributed by atoms with Crippen molar-refractivity contribution < 1.29 is 0 Å². The monoisotopic (exact) mass is 916 g/mol. The number of nitrogens with zero attached hydrogens (tertiary/aromatic N) is 4. The molecule has 0 aliphatic carbocycles. The highest BCUT2D eigenvalue weighted by atomic mass is 15.2. The second kappa shape index (κ2) is 16.0. The summed E-state index contributed by atoms with van der Waals surface area (Å²) in [5, 5.41) is 12.5. The van der Waals surface area contributed by atoms with E-state index in [2.05, 4.69) is 286 Å². The van der Waals surface area contributed by atoms with Gasteiger partial charge >= 0.3 is 0 Å². The third-order valence-corrected chi connectivity index (χ3v) is 14.9. The molecule has 2 heterocycles. The molecule has 0 radical (unpaired) electrons. The Hall–Kier alpha value is -9.64. The van der Waals surface area contributed by atoms with E-state index in [1.54, 1.807) is 0 Å². The predicted molar refractivity (Wildman–Crippen MR) is 305 cm³/mol.